The van der Waals surface area contributed by atoms with Gasteiger partial charge in [0.1, 0.15) is 6.04 Å². The highest BCUT2D eigenvalue weighted by Gasteiger charge is 2.21. The van der Waals surface area contributed by atoms with Crippen LogP contribution in [0.5, 0.6) is 0 Å². The summed E-state index contributed by atoms with van der Waals surface area (Å²) in [4.78, 5) is 32.8. The number of aliphatic carboxylic acids is 1. The molecule has 0 aliphatic heterocycles. The maximum Gasteiger partial charge on any atom is 0.326 e. The number of thioether (sulfide) groups is 1. The van der Waals surface area contributed by atoms with Crippen molar-refractivity contribution in [1.82, 2.24) is 10.6 Å². The number of hydrogen-bond donors (Lipinski definition) is 4. The van der Waals surface area contributed by atoms with Crippen molar-refractivity contribution in [3.63, 3.8) is 0 Å². The Kier molecular flexibility index (Phi) is 7.93. The van der Waals surface area contributed by atoms with Crippen LogP contribution in [0.4, 0.5) is 4.79 Å². The van der Waals surface area contributed by atoms with E-state index >= 15 is 0 Å². The molecule has 0 rings (SSSR count). The SMILES string of the molecule is CSCC(C)CNC(=O)N[C@@H](CC(N)=O)C(=O)O. The van der Waals surface area contributed by atoms with E-state index < -0.39 is 30.4 Å². The Labute approximate surface area is 110 Å². The van der Waals surface area contributed by atoms with Gasteiger partial charge in [0, 0.05) is 6.54 Å². The van der Waals surface area contributed by atoms with E-state index in [4.69, 9.17) is 10.8 Å². The molecular formula is C10H19N3O4S. The van der Waals surface area contributed by atoms with Crippen molar-refractivity contribution >= 4 is 29.7 Å². The van der Waals surface area contributed by atoms with Gasteiger partial charge in [0.25, 0.3) is 0 Å². The van der Waals surface area contributed by atoms with Crippen LogP contribution in [0, 0.1) is 5.92 Å². The largest absolute Gasteiger partial charge is 0.480 e. The first-order chi connectivity index (χ1) is 8.36. The molecule has 5 N–H and O–H groups in total. The zero-order valence-electron chi connectivity index (χ0n) is 10.4. The summed E-state index contributed by atoms with van der Waals surface area (Å²) in [6.45, 7) is 2.41. The maximum atomic E-state index is 11.4. The van der Waals surface area contributed by atoms with Crippen LogP contribution in [0.1, 0.15) is 13.3 Å². The molecule has 0 radical (unpaired) electrons. The Morgan fingerprint density at radius 3 is 2.44 bits per heavy atom. The number of carboxylic acid groups (broad SMARTS) is 1. The fraction of sp³-hybridized carbons (Fsp3) is 0.700. The molecule has 0 bridgehead atoms. The minimum Gasteiger partial charge on any atom is -0.480 e. The molecule has 0 aromatic heterocycles. The van der Waals surface area contributed by atoms with Crippen LogP contribution in [0.2, 0.25) is 0 Å². The average molecular weight is 277 g/mol. The number of carbonyl (C=O) groups is 3. The summed E-state index contributed by atoms with van der Waals surface area (Å²) in [5, 5.41) is 13.5. The molecule has 0 spiro atoms. The number of amides is 3. The molecule has 18 heavy (non-hydrogen) atoms. The van der Waals surface area contributed by atoms with Crippen molar-refractivity contribution in [2.24, 2.45) is 11.7 Å². The van der Waals surface area contributed by atoms with Gasteiger partial charge in [-0.3, -0.25) is 4.79 Å². The summed E-state index contributed by atoms with van der Waals surface area (Å²) in [5.74, 6) is -0.895. The standard InChI is InChI=1S/C10H19N3O4S/c1-6(5-18-2)4-12-10(17)13-7(9(15)16)3-8(11)14/h6-7H,3-5H2,1-2H3,(H2,11,14)(H,15,16)(H2,12,13,17)/t6?,7-/m0/s1. The van der Waals surface area contributed by atoms with Crippen molar-refractivity contribution in [2.45, 2.75) is 19.4 Å². The van der Waals surface area contributed by atoms with Gasteiger partial charge < -0.3 is 21.5 Å². The second-order valence-electron chi connectivity index (χ2n) is 3.98. The zero-order chi connectivity index (χ0) is 14.1. The van der Waals surface area contributed by atoms with E-state index in [0.717, 1.165) is 5.75 Å². The van der Waals surface area contributed by atoms with Crippen molar-refractivity contribution < 1.29 is 19.5 Å². The van der Waals surface area contributed by atoms with Crippen molar-refractivity contribution in [2.75, 3.05) is 18.6 Å². The third-order valence-electron chi connectivity index (χ3n) is 2.07. The van der Waals surface area contributed by atoms with Crippen molar-refractivity contribution in [3.05, 3.63) is 0 Å². The van der Waals surface area contributed by atoms with Gasteiger partial charge in [-0.2, -0.15) is 11.8 Å². The maximum absolute atomic E-state index is 11.4. The lowest BCUT2D eigenvalue weighted by atomic mass is 10.2. The van der Waals surface area contributed by atoms with Crippen LogP contribution >= 0.6 is 11.8 Å². The lowest BCUT2D eigenvalue weighted by Gasteiger charge is -2.15. The van der Waals surface area contributed by atoms with Gasteiger partial charge >= 0.3 is 12.0 Å². The summed E-state index contributed by atoms with van der Waals surface area (Å²) in [5.41, 5.74) is 4.89. The fourth-order valence-corrected chi connectivity index (χ4v) is 1.91. The molecule has 0 aromatic rings. The highest BCUT2D eigenvalue weighted by atomic mass is 32.2. The van der Waals surface area contributed by atoms with Gasteiger partial charge in [-0.05, 0) is 17.9 Å². The lowest BCUT2D eigenvalue weighted by molar-refractivity contribution is -0.140. The molecule has 0 saturated carbocycles. The van der Waals surface area contributed by atoms with E-state index in [0.29, 0.717) is 6.54 Å². The van der Waals surface area contributed by atoms with Gasteiger partial charge in [-0.15, -0.1) is 0 Å². The summed E-state index contributed by atoms with van der Waals surface area (Å²) in [6, 6.07) is -1.91. The minimum absolute atomic E-state index is 0.283. The molecule has 0 heterocycles. The van der Waals surface area contributed by atoms with E-state index in [1.165, 1.54) is 0 Å². The second-order valence-corrected chi connectivity index (χ2v) is 4.89. The molecule has 104 valence electrons. The molecule has 0 saturated heterocycles. The predicted octanol–water partition coefficient (Wildman–Crippen LogP) is -0.387. The summed E-state index contributed by atoms with van der Waals surface area (Å²) >= 11 is 1.66. The molecule has 0 aliphatic rings. The van der Waals surface area contributed by atoms with E-state index in [2.05, 4.69) is 10.6 Å². The molecule has 3 amide bonds. The highest BCUT2D eigenvalue weighted by Crippen LogP contribution is 2.02. The van der Waals surface area contributed by atoms with Crippen LogP contribution in [0.25, 0.3) is 0 Å². The quantitative estimate of drug-likeness (QED) is 0.481. The normalized spacial score (nSPS) is 13.4. The first-order valence-corrected chi connectivity index (χ1v) is 6.80. The van der Waals surface area contributed by atoms with E-state index in [9.17, 15) is 14.4 Å². The molecular weight excluding hydrogens is 258 g/mol. The fourth-order valence-electron chi connectivity index (χ4n) is 1.22. The number of nitrogens with two attached hydrogens (primary N) is 1. The topological polar surface area (TPSA) is 122 Å². The monoisotopic (exact) mass is 277 g/mol. The first kappa shape index (κ1) is 16.6. The Bertz CT molecular complexity index is 311. The molecule has 1 unspecified atom stereocenters. The number of carbonyl (C=O) groups excluding carboxylic acids is 2. The van der Waals surface area contributed by atoms with Gasteiger partial charge in [-0.25, -0.2) is 9.59 Å². The third kappa shape index (κ3) is 7.77. The number of urea groups is 1. The Morgan fingerprint density at radius 1 is 1.39 bits per heavy atom. The van der Waals surface area contributed by atoms with E-state index in [1.807, 2.05) is 13.2 Å². The number of nitrogens with one attached hydrogen (secondary N) is 2. The Hall–Kier alpha value is -1.44. The number of hydrogen-bond acceptors (Lipinski definition) is 4. The molecule has 0 fully saturated rings. The highest BCUT2D eigenvalue weighted by molar-refractivity contribution is 7.98. The van der Waals surface area contributed by atoms with E-state index in [1.54, 1.807) is 11.8 Å². The Balaban J connectivity index is 4.10. The molecule has 8 heteroatoms. The summed E-state index contributed by atoms with van der Waals surface area (Å²) < 4.78 is 0. The molecule has 2 atom stereocenters. The number of carboxylic acids is 1. The Morgan fingerprint density at radius 2 is 2.00 bits per heavy atom. The average Bonchev–Trinajstić information content (AvgIpc) is 2.25. The number of primary amides is 1. The second kappa shape index (κ2) is 8.62. The van der Waals surface area contributed by atoms with Gasteiger partial charge in [-0.1, -0.05) is 6.92 Å². The smallest absolute Gasteiger partial charge is 0.326 e. The number of rotatable bonds is 8. The first-order valence-electron chi connectivity index (χ1n) is 5.41. The molecule has 0 aliphatic carbocycles. The molecule has 7 nitrogen and oxygen atoms in total. The third-order valence-corrected chi connectivity index (χ3v) is 2.97. The lowest BCUT2D eigenvalue weighted by Crippen LogP contribution is -2.48. The minimum atomic E-state index is -1.29. The van der Waals surface area contributed by atoms with Crippen LogP contribution in [-0.2, 0) is 9.59 Å². The summed E-state index contributed by atoms with van der Waals surface area (Å²) in [6.07, 6.45) is 1.53. The molecule has 0 aromatic carbocycles. The van der Waals surface area contributed by atoms with Gasteiger partial charge in [0.15, 0.2) is 0 Å². The van der Waals surface area contributed by atoms with Gasteiger partial charge in [0.2, 0.25) is 5.91 Å². The van der Waals surface area contributed by atoms with Gasteiger partial charge in [0.05, 0.1) is 6.42 Å². The van der Waals surface area contributed by atoms with Crippen LogP contribution < -0.4 is 16.4 Å². The zero-order valence-corrected chi connectivity index (χ0v) is 11.3. The predicted molar refractivity (Wildman–Crippen MR) is 69.3 cm³/mol. The van der Waals surface area contributed by atoms with Crippen LogP contribution in [0.3, 0.4) is 0 Å². The van der Waals surface area contributed by atoms with E-state index in [-0.39, 0.29) is 5.92 Å². The van der Waals surface area contributed by atoms with Crippen molar-refractivity contribution in [3.8, 4) is 0 Å². The van der Waals surface area contributed by atoms with Crippen LogP contribution in [-0.4, -0.2) is 47.6 Å². The summed E-state index contributed by atoms with van der Waals surface area (Å²) in [7, 11) is 0. The van der Waals surface area contributed by atoms with Crippen LogP contribution in [0.15, 0.2) is 0 Å². The van der Waals surface area contributed by atoms with Crippen molar-refractivity contribution in [1.29, 1.82) is 0 Å².